The Morgan fingerprint density at radius 2 is 2.12 bits per heavy atom. The van der Waals surface area contributed by atoms with Gasteiger partial charge in [0.05, 0.1) is 18.1 Å². The van der Waals surface area contributed by atoms with Crippen molar-refractivity contribution < 1.29 is 27.5 Å². The zero-order valence-corrected chi connectivity index (χ0v) is 15.1. The third-order valence-corrected chi connectivity index (χ3v) is 5.66. The molecule has 9 heteroatoms. The van der Waals surface area contributed by atoms with E-state index in [1.807, 2.05) is 0 Å². The number of nitrogens with zero attached hydrogens (tertiary/aromatic N) is 2. The number of aromatic nitrogens is 1. The molecule has 0 bridgehead atoms. The number of hydrogen-bond donors (Lipinski definition) is 0. The quantitative estimate of drug-likeness (QED) is 0.650. The minimum Gasteiger partial charge on any atom is -0.477 e. The number of carbonyl (C=O) groups excluding carboxylic acids is 2. The van der Waals surface area contributed by atoms with Crippen molar-refractivity contribution in [1.29, 1.82) is 0 Å². The molecule has 0 saturated carbocycles. The summed E-state index contributed by atoms with van der Waals surface area (Å²) in [5.41, 5.74) is 0.142. The fourth-order valence-electron chi connectivity index (χ4n) is 2.75. The highest BCUT2D eigenvalue weighted by Crippen LogP contribution is 2.19. The molecule has 1 aliphatic rings. The maximum Gasteiger partial charge on any atom is 0.344 e. The van der Waals surface area contributed by atoms with Gasteiger partial charge in [-0.15, -0.1) is 0 Å². The van der Waals surface area contributed by atoms with Gasteiger partial charge in [-0.2, -0.15) is 0 Å². The second kappa shape index (κ2) is 8.28. The van der Waals surface area contributed by atoms with Gasteiger partial charge in [-0.1, -0.05) is 0 Å². The lowest BCUT2D eigenvalue weighted by atomic mass is 10.2. The van der Waals surface area contributed by atoms with Gasteiger partial charge >= 0.3 is 5.97 Å². The van der Waals surface area contributed by atoms with Crippen LogP contribution in [0, 0.1) is 0 Å². The van der Waals surface area contributed by atoms with E-state index in [0.717, 1.165) is 0 Å². The summed E-state index contributed by atoms with van der Waals surface area (Å²) in [4.78, 5) is 29.9. The first-order valence-electron chi connectivity index (χ1n) is 8.12. The molecule has 1 aliphatic heterocycles. The molecule has 2 heterocycles. The molecule has 1 amide bonds. The maximum absolute atomic E-state index is 12.3. The monoisotopic (exact) mass is 370 g/mol. The lowest BCUT2D eigenvalue weighted by Gasteiger charge is -2.26. The highest BCUT2D eigenvalue weighted by Gasteiger charge is 2.34. The number of ether oxygens (including phenoxy) is 2. The maximum atomic E-state index is 12.3. The largest absolute Gasteiger partial charge is 0.477 e. The Bertz CT molecular complexity index is 734. The van der Waals surface area contributed by atoms with Gasteiger partial charge in [-0.05, 0) is 32.4 Å². The molecule has 0 aliphatic carbocycles. The molecule has 1 aromatic heterocycles. The van der Waals surface area contributed by atoms with Gasteiger partial charge in [0.25, 0.3) is 5.91 Å². The van der Waals surface area contributed by atoms with Crippen LogP contribution in [0.25, 0.3) is 0 Å². The van der Waals surface area contributed by atoms with Crippen LogP contribution in [0.4, 0.5) is 0 Å². The van der Waals surface area contributed by atoms with E-state index in [9.17, 15) is 18.0 Å². The summed E-state index contributed by atoms with van der Waals surface area (Å²) in [7, 11) is -3.10. The van der Waals surface area contributed by atoms with Gasteiger partial charge in [-0.3, -0.25) is 4.79 Å². The average molecular weight is 370 g/mol. The molecule has 1 fully saturated rings. The molecular weight excluding hydrogens is 348 g/mol. The Kier molecular flexibility index (Phi) is 6.35. The van der Waals surface area contributed by atoms with Crippen molar-refractivity contribution in [1.82, 2.24) is 9.88 Å². The van der Waals surface area contributed by atoms with Crippen LogP contribution in [0.3, 0.4) is 0 Å². The van der Waals surface area contributed by atoms with E-state index in [4.69, 9.17) is 9.47 Å². The molecule has 138 valence electrons. The lowest BCUT2D eigenvalue weighted by Crippen LogP contribution is -2.43. The summed E-state index contributed by atoms with van der Waals surface area (Å²) in [6.07, 6.45) is 1.90. The molecule has 2 rings (SSSR count). The summed E-state index contributed by atoms with van der Waals surface area (Å²) in [5, 5.41) is 0. The van der Waals surface area contributed by atoms with Gasteiger partial charge < -0.3 is 14.4 Å². The summed E-state index contributed by atoms with van der Waals surface area (Å²) < 4.78 is 33.5. The van der Waals surface area contributed by atoms with Crippen molar-refractivity contribution in [2.75, 3.05) is 31.3 Å². The third-order valence-electron chi connectivity index (χ3n) is 3.91. The van der Waals surface area contributed by atoms with E-state index in [1.165, 1.54) is 17.2 Å². The fourth-order valence-corrected chi connectivity index (χ4v) is 4.48. The van der Waals surface area contributed by atoms with Crippen LogP contribution in [-0.4, -0.2) is 67.5 Å². The van der Waals surface area contributed by atoms with Crippen LogP contribution in [-0.2, 0) is 19.4 Å². The van der Waals surface area contributed by atoms with Crippen LogP contribution in [0.1, 0.15) is 30.6 Å². The molecular formula is C16H22N2O6S. The Morgan fingerprint density at radius 1 is 1.36 bits per heavy atom. The summed E-state index contributed by atoms with van der Waals surface area (Å²) in [5.74, 6) is -0.941. The number of hydrogen-bond acceptors (Lipinski definition) is 7. The molecule has 25 heavy (non-hydrogen) atoms. The number of rotatable bonds is 7. The molecule has 1 saturated heterocycles. The summed E-state index contributed by atoms with van der Waals surface area (Å²) >= 11 is 0. The Morgan fingerprint density at radius 3 is 2.72 bits per heavy atom. The molecule has 1 aromatic rings. The Labute approximate surface area is 147 Å². The summed E-state index contributed by atoms with van der Waals surface area (Å²) in [6, 6.07) is 2.72. The minimum atomic E-state index is -3.10. The third kappa shape index (κ3) is 4.91. The number of amides is 1. The van der Waals surface area contributed by atoms with E-state index < -0.39 is 28.3 Å². The van der Waals surface area contributed by atoms with E-state index in [0.29, 0.717) is 19.6 Å². The van der Waals surface area contributed by atoms with Crippen molar-refractivity contribution in [3.63, 3.8) is 0 Å². The van der Waals surface area contributed by atoms with Crippen LogP contribution in [0.2, 0.25) is 0 Å². The van der Waals surface area contributed by atoms with E-state index >= 15 is 0 Å². The first-order chi connectivity index (χ1) is 11.9. The number of esters is 1. The smallest absolute Gasteiger partial charge is 0.344 e. The lowest BCUT2D eigenvalue weighted by molar-refractivity contribution is -0.136. The first-order valence-corrected chi connectivity index (χ1v) is 9.95. The molecule has 0 aromatic carbocycles. The topological polar surface area (TPSA) is 103 Å². The molecule has 0 N–H and O–H groups in total. The Balaban J connectivity index is 1.98. The van der Waals surface area contributed by atoms with Crippen LogP contribution >= 0.6 is 0 Å². The van der Waals surface area contributed by atoms with E-state index in [-0.39, 0.29) is 29.0 Å². The van der Waals surface area contributed by atoms with Crippen molar-refractivity contribution in [2.24, 2.45) is 0 Å². The fraction of sp³-hybridized carbons (Fsp3) is 0.562. The van der Waals surface area contributed by atoms with Crippen molar-refractivity contribution in [3.05, 3.63) is 23.9 Å². The van der Waals surface area contributed by atoms with E-state index in [1.54, 1.807) is 19.9 Å². The average Bonchev–Trinajstić information content (AvgIpc) is 2.94. The van der Waals surface area contributed by atoms with Gasteiger partial charge in [0, 0.05) is 18.8 Å². The van der Waals surface area contributed by atoms with Crippen LogP contribution < -0.4 is 4.74 Å². The van der Waals surface area contributed by atoms with Gasteiger partial charge in [-0.25, -0.2) is 18.2 Å². The molecule has 1 unspecified atom stereocenters. The van der Waals surface area contributed by atoms with Gasteiger partial charge in [0.2, 0.25) is 5.88 Å². The second-order valence-corrected chi connectivity index (χ2v) is 7.83. The highest BCUT2D eigenvalue weighted by atomic mass is 32.2. The minimum absolute atomic E-state index is 0.0440. The first kappa shape index (κ1) is 19.2. The molecule has 0 radical (unpaired) electrons. The predicted octanol–water partition coefficient (Wildman–Crippen LogP) is 0.673. The number of likely N-dealkylation sites (N-methyl/N-ethyl adjacent to an activating group) is 1. The van der Waals surface area contributed by atoms with Crippen LogP contribution in [0.5, 0.6) is 5.88 Å². The Hall–Kier alpha value is -2.16. The van der Waals surface area contributed by atoms with Gasteiger partial charge in [0.1, 0.15) is 5.56 Å². The van der Waals surface area contributed by atoms with Crippen LogP contribution in [0.15, 0.2) is 18.3 Å². The number of sulfone groups is 1. The number of pyridine rings is 1. The van der Waals surface area contributed by atoms with Crippen molar-refractivity contribution in [2.45, 2.75) is 26.3 Å². The summed E-state index contributed by atoms with van der Waals surface area (Å²) in [6.45, 7) is 3.77. The second-order valence-electron chi connectivity index (χ2n) is 5.60. The zero-order chi connectivity index (χ0) is 18.4. The van der Waals surface area contributed by atoms with E-state index in [2.05, 4.69) is 4.98 Å². The SMILES string of the molecule is CCOc1ncccc1C(=O)OCC(=O)N(CC)C1CCS(=O)(=O)C1. The normalized spacial score (nSPS) is 18.6. The zero-order valence-electron chi connectivity index (χ0n) is 14.3. The van der Waals surface area contributed by atoms with Crippen molar-refractivity contribution >= 4 is 21.7 Å². The molecule has 8 nitrogen and oxygen atoms in total. The number of carbonyl (C=O) groups is 2. The molecule has 1 atom stereocenters. The predicted molar refractivity (Wildman–Crippen MR) is 90.1 cm³/mol. The van der Waals surface area contributed by atoms with Crippen molar-refractivity contribution in [3.8, 4) is 5.88 Å². The molecule has 0 spiro atoms. The highest BCUT2D eigenvalue weighted by molar-refractivity contribution is 7.91. The standard InChI is InChI=1S/C16H22N2O6S/c1-3-18(12-7-9-25(21,22)11-12)14(19)10-24-16(20)13-6-5-8-17-15(13)23-4-2/h5-6,8,12H,3-4,7,9-11H2,1-2H3. The van der Waals surface area contributed by atoms with Gasteiger partial charge in [0.15, 0.2) is 16.4 Å².